The van der Waals surface area contributed by atoms with Gasteiger partial charge in [0.25, 0.3) is 0 Å². The van der Waals surface area contributed by atoms with Crippen LogP contribution >= 0.6 is 0 Å². The summed E-state index contributed by atoms with van der Waals surface area (Å²) in [6, 6.07) is 0.354. The summed E-state index contributed by atoms with van der Waals surface area (Å²) < 4.78 is 5.37. The van der Waals surface area contributed by atoms with E-state index in [0.29, 0.717) is 6.04 Å². The van der Waals surface area contributed by atoms with Crippen molar-refractivity contribution in [2.24, 2.45) is 5.92 Å². The third-order valence-electron chi connectivity index (χ3n) is 4.05. The number of hydrogen-bond donors (Lipinski definition) is 1. The fourth-order valence-corrected chi connectivity index (χ4v) is 2.78. The summed E-state index contributed by atoms with van der Waals surface area (Å²) in [5, 5.41) is 2.76. The zero-order chi connectivity index (χ0) is 11.9. The predicted octanol–water partition coefficient (Wildman–Crippen LogP) is 0.924. The first-order valence-electron chi connectivity index (χ1n) is 6.81. The molecule has 2 aliphatic rings. The minimum Gasteiger partial charge on any atom is -0.381 e. The minimum absolute atomic E-state index is 0.354. The van der Waals surface area contributed by atoms with Crippen molar-refractivity contribution in [1.82, 2.24) is 10.2 Å². The van der Waals surface area contributed by atoms with E-state index in [-0.39, 0.29) is 0 Å². The van der Waals surface area contributed by atoms with Crippen LogP contribution < -0.4 is 5.32 Å². The third-order valence-corrected chi connectivity index (χ3v) is 4.05. The summed E-state index contributed by atoms with van der Waals surface area (Å²) in [7, 11) is 0. The molecule has 0 spiro atoms. The fourth-order valence-electron chi connectivity index (χ4n) is 2.78. The molecule has 1 N–H and O–H groups in total. The first-order chi connectivity index (χ1) is 8.38. The molecular formula is C13H23N2O2. The van der Waals surface area contributed by atoms with Crippen LogP contribution in [0.25, 0.3) is 0 Å². The topological polar surface area (TPSA) is 41.6 Å². The Hall–Kier alpha value is -0.610. The Labute approximate surface area is 104 Å². The van der Waals surface area contributed by atoms with Gasteiger partial charge in [-0.15, -0.1) is 0 Å². The summed E-state index contributed by atoms with van der Waals surface area (Å²) in [4.78, 5) is 12.8. The molecule has 2 rings (SSSR count). The van der Waals surface area contributed by atoms with Gasteiger partial charge in [-0.25, -0.2) is 0 Å². The Kier molecular flexibility index (Phi) is 5.26. The van der Waals surface area contributed by atoms with Gasteiger partial charge in [-0.05, 0) is 44.6 Å². The van der Waals surface area contributed by atoms with Gasteiger partial charge >= 0.3 is 6.41 Å². The molecule has 4 heteroatoms. The van der Waals surface area contributed by atoms with Crippen molar-refractivity contribution < 1.29 is 9.53 Å². The van der Waals surface area contributed by atoms with Gasteiger partial charge in [0.1, 0.15) is 0 Å². The number of carbonyl (C=O) groups excluding carboxylic acids is 1. The molecule has 1 amide bonds. The van der Waals surface area contributed by atoms with Gasteiger partial charge in [0.05, 0.1) is 0 Å². The second kappa shape index (κ2) is 6.97. The molecule has 0 bridgehead atoms. The molecule has 0 aromatic carbocycles. The van der Waals surface area contributed by atoms with Gasteiger partial charge in [0.2, 0.25) is 0 Å². The van der Waals surface area contributed by atoms with Crippen LogP contribution in [0.2, 0.25) is 0 Å². The lowest BCUT2D eigenvalue weighted by Gasteiger charge is -2.32. The Morgan fingerprint density at radius 3 is 2.53 bits per heavy atom. The lowest BCUT2D eigenvalue weighted by Crippen LogP contribution is -2.42. The first-order valence-corrected chi connectivity index (χ1v) is 6.81. The number of amides is 1. The van der Waals surface area contributed by atoms with Crippen LogP contribution in [0.3, 0.4) is 0 Å². The summed E-state index contributed by atoms with van der Waals surface area (Å²) in [6.07, 6.45) is 7.72. The van der Waals surface area contributed by atoms with E-state index < -0.39 is 0 Å². The molecule has 4 nitrogen and oxygen atoms in total. The molecular weight excluding hydrogens is 216 g/mol. The molecule has 2 heterocycles. The molecule has 0 aromatic heterocycles. The van der Waals surface area contributed by atoms with Crippen molar-refractivity contribution in [3.8, 4) is 0 Å². The highest BCUT2D eigenvalue weighted by Gasteiger charge is 2.20. The van der Waals surface area contributed by atoms with Crippen LogP contribution in [-0.4, -0.2) is 50.2 Å². The fraction of sp³-hybridized carbons (Fsp3) is 0.923. The Balaban J connectivity index is 1.59. The zero-order valence-corrected chi connectivity index (χ0v) is 10.5. The number of nitrogens with one attached hydrogen (secondary N) is 1. The van der Waals surface area contributed by atoms with E-state index in [1.807, 2.05) is 0 Å². The van der Waals surface area contributed by atoms with Crippen LogP contribution in [-0.2, 0) is 9.53 Å². The molecule has 0 atom stereocenters. The van der Waals surface area contributed by atoms with Crippen LogP contribution in [0.4, 0.5) is 0 Å². The summed E-state index contributed by atoms with van der Waals surface area (Å²) >= 11 is 0. The zero-order valence-electron chi connectivity index (χ0n) is 10.5. The molecule has 0 aliphatic carbocycles. The van der Waals surface area contributed by atoms with Crippen molar-refractivity contribution in [2.75, 3.05) is 32.8 Å². The lowest BCUT2D eigenvalue weighted by atomic mass is 9.95. The van der Waals surface area contributed by atoms with Crippen LogP contribution in [0.1, 0.15) is 32.1 Å². The number of piperidine rings is 1. The quantitative estimate of drug-likeness (QED) is 0.726. The van der Waals surface area contributed by atoms with Crippen molar-refractivity contribution >= 4 is 6.41 Å². The Bertz CT molecular complexity index is 221. The van der Waals surface area contributed by atoms with Crippen molar-refractivity contribution in [1.29, 1.82) is 0 Å². The Morgan fingerprint density at radius 1 is 1.18 bits per heavy atom. The molecule has 2 saturated heterocycles. The van der Waals surface area contributed by atoms with Gasteiger partial charge in [0, 0.05) is 32.3 Å². The number of likely N-dealkylation sites (tertiary alicyclic amines) is 1. The largest absolute Gasteiger partial charge is 0.381 e. The van der Waals surface area contributed by atoms with E-state index in [1.54, 1.807) is 6.41 Å². The summed E-state index contributed by atoms with van der Waals surface area (Å²) in [5.41, 5.74) is 0. The van der Waals surface area contributed by atoms with Gasteiger partial charge in [0.15, 0.2) is 0 Å². The van der Waals surface area contributed by atoms with Crippen LogP contribution in [0.5, 0.6) is 0 Å². The minimum atomic E-state index is 0.354. The molecule has 2 aliphatic heterocycles. The molecule has 2 fully saturated rings. The number of hydrogen-bond acceptors (Lipinski definition) is 3. The monoisotopic (exact) mass is 239 g/mol. The predicted molar refractivity (Wildman–Crippen MR) is 66.5 cm³/mol. The summed E-state index contributed by atoms with van der Waals surface area (Å²) in [5.74, 6) is 0.864. The number of nitrogens with zero attached hydrogens (tertiary/aromatic N) is 1. The van der Waals surface area contributed by atoms with E-state index in [0.717, 1.165) is 45.1 Å². The first kappa shape index (κ1) is 12.8. The number of ether oxygens (including phenoxy) is 1. The maximum Gasteiger partial charge on any atom is 0.309 e. The SMILES string of the molecule is O=[C]NC1CCN(CCC2CCOCC2)CC1. The summed E-state index contributed by atoms with van der Waals surface area (Å²) in [6.45, 7) is 5.34. The average molecular weight is 239 g/mol. The van der Waals surface area contributed by atoms with Crippen LogP contribution in [0, 0.1) is 5.92 Å². The van der Waals surface area contributed by atoms with Crippen molar-refractivity contribution in [2.45, 2.75) is 38.1 Å². The van der Waals surface area contributed by atoms with E-state index in [2.05, 4.69) is 10.2 Å². The average Bonchev–Trinajstić information content (AvgIpc) is 2.40. The Morgan fingerprint density at radius 2 is 1.88 bits per heavy atom. The van der Waals surface area contributed by atoms with E-state index in [1.165, 1.54) is 25.8 Å². The highest BCUT2D eigenvalue weighted by atomic mass is 16.5. The second-order valence-electron chi connectivity index (χ2n) is 5.21. The van der Waals surface area contributed by atoms with Gasteiger partial charge in [-0.2, -0.15) is 0 Å². The molecule has 0 unspecified atom stereocenters. The van der Waals surface area contributed by atoms with E-state index >= 15 is 0 Å². The van der Waals surface area contributed by atoms with Crippen LogP contribution in [0.15, 0.2) is 0 Å². The maximum absolute atomic E-state index is 10.2. The van der Waals surface area contributed by atoms with Crippen molar-refractivity contribution in [3.63, 3.8) is 0 Å². The normalized spacial score (nSPS) is 24.7. The highest BCUT2D eigenvalue weighted by molar-refractivity contribution is 5.47. The lowest BCUT2D eigenvalue weighted by molar-refractivity contribution is 0.0588. The second-order valence-corrected chi connectivity index (χ2v) is 5.21. The smallest absolute Gasteiger partial charge is 0.309 e. The van der Waals surface area contributed by atoms with Gasteiger partial charge < -0.3 is 15.0 Å². The van der Waals surface area contributed by atoms with E-state index in [4.69, 9.17) is 4.74 Å². The third kappa shape index (κ3) is 4.28. The maximum atomic E-state index is 10.2. The number of rotatable bonds is 5. The van der Waals surface area contributed by atoms with Gasteiger partial charge in [-0.1, -0.05) is 0 Å². The van der Waals surface area contributed by atoms with Crippen molar-refractivity contribution in [3.05, 3.63) is 0 Å². The standard InChI is InChI=1S/C13H23N2O2/c16-11-14-13-2-7-15(8-3-13)6-1-12-4-9-17-10-5-12/h12-13H,1-10H2,(H,14,16). The molecule has 97 valence electrons. The highest BCUT2D eigenvalue weighted by Crippen LogP contribution is 2.20. The molecule has 0 aromatic rings. The molecule has 1 radical (unpaired) electrons. The van der Waals surface area contributed by atoms with E-state index in [9.17, 15) is 4.79 Å². The molecule has 17 heavy (non-hydrogen) atoms. The molecule has 0 saturated carbocycles. The van der Waals surface area contributed by atoms with Gasteiger partial charge in [-0.3, -0.25) is 4.79 Å².